The molecule has 0 bridgehead atoms. The van der Waals surface area contributed by atoms with Gasteiger partial charge in [0.2, 0.25) is 5.91 Å². The van der Waals surface area contributed by atoms with Crippen LogP contribution in [0.3, 0.4) is 0 Å². The third-order valence-electron chi connectivity index (χ3n) is 4.54. The van der Waals surface area contributed by atoms with E-state index >= 15 is 0 Å². The molecule has 0 fully saturated rings. The van der Waals surface area contributed by atoms with Crippen LogP contribution in [0.25, 0.3) is 0 Å². The molecular formula is C23H22FN3O5S. The number of benzene rings is 3. The van der Waals surface area contributed by atoms with Gasteiger partial charge >= 0.3 is 0 Å². The summed E-state index contributed by atoms with van der Waals surface area (Å²) in [6, 6.07) is 15.7. The lowest BCUT2D eigenvalue weighted by molar-refractivity contribution is -0.115. The molecule has 0 atom stereocenters. The Morgan fingerprint density at radius 2 is 1.73 bits per heavy atom. The highest BCUT2D eigenvalue weighted by Crippen LogP contribution is 2.30. The van der Waals surface area contributed by atoms with Gasteiger partial charge in [-0.05, 0) is 61.5 Å². The monoisotopic (exact) mass is 471 g/mol. The molecule has 8 nitrogen and oxygen atoms in total. The van der Waals surface area contributed by atoms with E-state index in [1.807, 2.05) is 13.0 Å². The first-order valence-electron chi connectivity index (χ1n) is 9.79. The van der Waals surface area contributed by atoms with Crippen LogP contribution in [0.2, 0.25) is 0 Å². The lowest BCUT2D eigenvalue weighted by Crippen LogP contribution is -2.32. The molecule has 0 unspecified atom stereocenters. The average molecular weight is 472 g/mol. The van der Waals surface area contributed by atoms with Crippen LogP contribution in [-0.2, 0) is 14.8 Å². The molecule has 2 amide bonds. The van der Waals surface area contributed by atoms with E-state index in [0.29, 0.717) is 5.56 Å². The summed E-state index contributed by atoms with van der Waals surface area (Å²) in [5, 5.41) is 5.12. The van der Waals surface area contributed by atoms with Crippen molar-refractivity contribution in [3.05, 3.63) is 83.7 Å². The summed E-state index contributed by atoms with van der Waals surface area (Å²) in [7, 11) is -2.66. The van der Waals surface area contributed by atoms with E-state index in [9.17, 15) is 22.4 Å². The summed E-state index contributed by atoms with van der Waals surface area (Å²) in [5.74, 6) is -1.25. The third kappa shape index (κ3) is 6.30. The van der Waals surface area contributed by atoms with Crippen molar-refractivity contribution in [1.29, 1.82) is 0 Å². The fourth-order valence-electron chi connectivity index (χ4n) is 2.94. The summed E-state index contributed by atoms with van der Waals surface area (Å²) < 4.78 is 45.9. The number of carbonyl (C=O) groups is 2. The maximum atomic E-state index is 13.1. The fourth-order valence-corrected chi connectivity index (χ4v) is 4.00. The highest BCUT2D eigenvalue weighted by atomic mass is 32.2. The van der Waals surface area contributed by atoms with Crippen LogP contribution in [0.15, 0.2) is 71.6 Å². The van der Waals surface area contributed by atoms with Crippen LogP contribution in [0.4, 0.5) is 15.8 Å². The molecule has 0 aliphatic rings. The Balaban J connectivity index is 1.69. The van der Waals surface area contributed by atoms with Crippen molar-refractivity contribution in [3.8, 4) is 5.75 Å². The number of aryl methyl sites for hydroxylation is 1. The molecule has 0 radical (unpaired) electrons. The summed E-state index contributed by atoms with van der Waals surface area (Å²) in [6.45, 7) is 1.57. The van der Waals surface area contributed by atoms with Crippen molar-refractivity contribution in [2.75, 3.05) is 23.7 Å². The quantitative estimate of drug-likeness (QED) is 0.467. The van der Waals surface area contributed by atoms with Crippen molar-refractivity contribution in [3.63, 3.8) is 0 Å². The lowest BCUT2D eigenvalue weighted by Gasteiger charge is -2.14. The SMILES string of the molecule is COc1ccc(NC(=O)CNC(=O)c2cccc(C)c2)cc1NS(=O)(=O)c1ccc(F)cc1. The molecule has 3 N–H and O–H groups in total. The van der Waals surface area contributed by atoms with Crippen molar-refractivity contribution < 1.29 is 27.1 Å². The largest absolute Gasteiger partial charge is 0.495 e. The molecule has 0 aliphatic carbocycles. The molecule has 33 heavy (non-hydrogen) atoms. The molecule has 0 saturated carbocycles. The highest BCUT2D eigenvalue weighted by molar-refractivity contribution is 7.92. The number of rotatable bonds is 8. The first-order chi connectivity index (χ1) is 15.7. The summed E-state index contributed by atoms with van der Waals surface area (Å²) in [4.78, 5) is 24.3. The Morgan fingerprint density at radius 1 is 1.00 bits per heavy atom. The second-order valence-corrected chi connectivity index (χ2v) is 8.76. The number of methoxy groups -OCH3 is 1. The van der Waals surface area contributed by atoms with Gasteiger partial charge in [-0.2, -0.15) is 0 Å². The van der Waals surface area contributed by atoms with Crippen molar-refractivity contribution in [2.24, 2.45) is 0 Å². The van der Waals surface area contributed by atoms with Crippen LogP contribution in [-0.4, -0.2) is 33.9 Å². The van der Waals surface area contributed by atoms with Crippen LogP contribution < -0.4 is 20.1 Å². The molecule has 3 aromatic carbocycles. The van der Waals surface area contributed by atoms with Crippen LogP contribution in [0, 0.1) is 12.7 Å². The Bertz CT molecular complexity index is 1280. The van der Waals surface area contributed by atoms with Gasteiger partial charge in [-0.15, -0.1) is 0 Å². The number of sulfonamides is 1. The topological polar surface area (TPSA) is 114 Å². The number of carbonyl (C=O) groups excluding carboxylic acids is 2. The summed E-state index contributed by atoms with van der Waals surface area (Å²) in [6.07, 6.45) is 0. The smallest absolute Gasteiger partial charge is 0.262 e. The number of amides is 2. The molecule has 0 saturated heterocycles. The van der Waals surface area contributed by atoms with Gasteiger partial charge in [0.05, 0.1) is 24.2 Å². The Labute approximate surface area is 190 Å². The van der Waals surface area contributed by atoms with Gasteiger partial charge in [0.25, 0.3) is 15.9 Å². The molecule has 0 spiro atoms. The predicted octanol–water partition coefficient (Wildman–Crippen LogP) is 3.31. The lowest BCUT2D eigenvalue weighted by atomic mass is 10.1. The van der Waals surface area contributed by atoms with Crippen LogP contribution in [0.1, 0.15) is 15.9 Å². The first kappa shape index (κ1) is 23.7. The Morgan fingerprint density at radius 3 is 2.39 bits per heavy atom. The zero-order valence-electron chi connectivity index (χ0n) is 17.9. The first-order valence-corrected chi connectivity index (χ1v) is 11.3. The van der Waals surface area contributed by atoms with Gasteiger partial charge < -0.3 is 15.4 Å². The van der Waals surface area contributed by atoms with Gasteiger partial charge in [-0.3, -0.25) is 14.3 Å². The second-order valence-electron chi connectivity index (χ2n) is 7.07. The fraction of sp³-hybridized carbons (Fsp3) is 0.130. The average Bonchev–Trinajstić information content (AvgIpc) is 2.77. The zero-order valence-corrected chi connectivity index (χ0v) is 18.7. The van der Waals surface area contributed by atoms with Gasteiger partial charge in [-0.1, -0.05) is 17.7 Å². The Hall–Kier alpha value is -3.92. The van der Waals surface area contributed by atoms with Gasteiger partial charge in [0, 0.05) is 11.3 Å². The minimum absolute atomic E-state index is 0.0726. The van der Waals surface area contributed by atoms with E-state index < -0.39 is 27.7 Å². The maximum Gasteiger partial charge on any atom is 0.262 e. The minimum atomic E-state index is -4.03. The normalized spacial score (nSPS) is 10.9. The second kappa shape index (κ2) is 10.1. The van der Waals surface area contributed by atoms with Gasteiger partial charge in [0.15, 0.2) is 0 Å². The molecule has 10 heteroatoms. The van der Waals surface area contributed by atoms with E-state index in [1.54, 1.807) is 18.2 Å². The predicted molar refractivity (Wildman–Crippen MR) is 122 cm³/mol. The highest BCUT2D eigenvalue weighted by Gasteiger charge is 2.18. The number of nitrogens with one attached hydrogen (secondary N) is 3. The molecule has 0 aromatic heterocycles. The van der Waals surface area contributed by atoms with Gasteiger partial charge in [0.1, 0.15) is 11.6 Å². The van der Waals surface area contributed by atoms with E-state index in [0.717, 1.165) is 29.8 Å². The van der Waals surface area contributed by atoms with E-state index in [1.165, 1.54) is 25.3 Å². The number of halogens is 1. The minimum Gasteiger partial charge on any atom is -0.495 e. The standard InChI is InChI=1S/C23H22FN3O5S/c1-15-4-3-5-16(12-15)23(29)25-14-22(28)26-18-8-11-21(32-2)20(13-18)27-33(30,31)19-9-6-17(24)7-10-19/h3-13,27H,14H2,1-2H3,(H,25,29)(H,26,28). The summed E-state index contributed by atoms with van der Waals surface area (Å²) in [5.41, 5.74) is 1.71. The van der Waals surface area contributed by atoms with Crippen LogP contribution >= 0.6 is 0 Å². The Kier molecular flexibility index (Phi) is 7.29. The van der Waals surface area contributed by atoms with Crippen molar-refractivity contribution in [2.45, 2.75) is 11.8 Å². The van der Waals surface area contributed by atoms with Crippen molar-refractivity contribution >= 4 is 33.2 Å². The maximum absolute atomic E-state index is 13.1. The van der Waals surface area contributed by atoms with Gasteiger partial charge in [-0.25, -0.2) is 12.8 Å². The van der Waals surface area contributed by atoms with E-state index in [-0.39, 0.29) is 28.6 Å². The molecule has 172 valence electrons. The van der Waals surface area contributed by atoms with E-state index in [2.05, 4.69) is 15.4 Å². The van der Waals surface area contributed by atoms with E-state index in [4.69, 9.17) is 4.74 Å². The molecule has 3 rings (SSSR count). The molecule has 3 aromatic rings. The zero-order chi connectivity index (χ0) is 24.0. The number of anilines is 2. The van der Waals surface area contributed by atoms with Crippen molar-refractivity contribution in [1.82, 2.24) is 5.32 Å². The number of ether oxygens (including phenoxy) is 1. The molecule has 0 heterocycles. The number of hydrogen-bond acceptors (Lipinski definition) is 5. The van der Waals surface area contributed by atoms with Crippen LogP contribution in [0.5, 0.6) is 5.75 Å². The number of hydrogen-bond donors (Lipinski definition) is 3. The third-order valence-corrected chi connectivity index (χ3v) is 5.92. The summed E-state index contributed by atoms with van der Waals surface area (Å²) >= 11 is 0. The molecule has 0 aliphatic heterocycles. The molecular weight excluding hydrogens is 449 g/mol.